The Bertz CT molecular complexity index is 624. The molecule has 6 heteroatoms. The summed E-state index contributed by atoms with van der Waals surface area (Å²) in [5, 5.41) is 3.43. The van der Waals surface area contributed by atoms with Crippen molar-refractivity contribution in [2.75, 3.05) is 27.9 Å². The number of allylic oxidation sites excluding steroid dienone is 1. The quantitative estimate of drug-likeness (QED) is 0.625. The van der Waals surface area contributed by atoms with Crippen molar-refractivity contribution in [2.45, 2.75) is 20.4 Å². The van der Waals surface area contributed by atoms with E-state index >= 15 is 0 Å². The molecule has 1 aromatic rings. The number of hydrogen-bond donors (Lipinski definition) is 3. The van der Waals surface area contributed by atoms with Crippen molar-refractivity contribution >= 4 is 0 Å². The normalized spacial score (nSPS) is 14.4. The van der Waals surface area contributed by atoms with Crippen LogP contribution < -0.4 is 25.6 Å². The van der Waals surface area contributed by atoms with Crippen molar-refractivity contribution in [2.24, 2.45) is 5.41 Å². The molecule has 0 saturated carbocycles. The second kappa shape index (κ2) is 8.08. The number of quaternary nitrogens is 1. The summed E-state index contributed by atoms with van der Waals surface area (Å²) in [7, 11) is 5.04. The summed E-state index contributed by atoms with van der Waals surface area (Å²) in [6.07, 6.45) is 4.16. The zero-order valence-electron chi connectivity index (χ0n) is 15.1. The van der Waals surface area contributed by atoms with E-state index in [4.69, 9.17) is 14.2 Å². The summed E-state index contributed by atoms with van der Waals surface area (Å²) in [5.41, 5.74) is 7.36. The molecule has 4 N–H and O–H groups in total. The molecule has 0 atom stereocenters. The molecule has 1 aromatic carbocycles. The zero-order chi connectivity index (χ0) is 17.6. The topological polar surface area (TPSA) is 68.4 Å². The standard InChI is InChI=1S/C18H27N3O3/c1-18(2,12-22-3)14-8-17(21-20-11-14)19-10-13-6-7-15(23-4)9-16(13)24-5/h6-9,11,19-21H,10,12H2,1-5H3/p+1. The fourth-order valence-corrected chi connectivity index (χ4v) is 2.60. The van der Waals surface area contributed by atoms with Gasteiger partial charge in [-0.05, 0) is 17.7 Å². The number of ether oxygens (including phenoxy) is 3. The lowest BCUT2D eigenvalue weighted by molar-refractivity contribution is -0.662. The Kier molecular flexibility index (Phi) is 6.11. The van der Waals surface area contributed by atoms with E-state index < -0.39 is 0 Å². The van der Waals surface area contributed by atoms with Gasteiger partial charge in [0.15, 0.2) is 0 Å². The van der Waals surface area contributed by atoms with Crippen molar-refractivity contribution < 1.29 is 19.6 Å². The summed E-state index contributed by atoms with van der Waals surface area (Å²) in [4.78, 5) is 0. The van der Waals surface area contributed by atoms with Crippen molar-refractivity contribution in [1.82, 2.24) is 10.7 Å². The molecule has 0 unspecified atom stereocenters. The predicted octanol–water partition coefficient (Wildman–Crippen LogP) is 1.27. The summed E-state index contributed by atoms with van der Waals surface area (Å²) < 4.78 is 16.0. The van der Waals surface area contributed by atoms with Crippen molar-refractivity contribution in [3.8, 4) is 11.5 Å². The molecule has 0 radical (unpaired) electrons. The predicted molar refractivity (Wildman–Crippen MR) is 93.3 cm³/mol. The monoisotopic (exact) mass is 334 g/mol. The van der Waals surface area contributed by atoms with Gasteiger partial charge >= 0.3 is 0 Å². The lowest BCUT2D eigenvalue weighted by Crippen LogP contribution is -2.92. The minimum Gasteiger partial charge on any atom is -0.497 e. The number of hydrogen-bond acceptors (Lipinski definition) is 5. The molecule has 132 valence electrons. The highest BCUT2D eigenvalue weighted by Gasteiger charge is 2.25. The third-order valence-corrected chi connectivity index (χ3v) is 4.05. The van der Waals surface area contributed by atoms with E-state index in [0.717, 1.165) is 22.9 Å². The van der Waals surface area contributed by atoms with Crippen LogP contribution >= 0.6 is 0 Å². The molecule has 6 nitrogen and oxygen atoms in total. The molecule has 0 aliphatic carbocycles. The SMILES string of the molecule is COCC(C)(C)C1=CN[NH2+]C(NCc2ccc(OC)cc2OC)=C1. The minimum atomic E-state index is -0.0548. The molecular weight excluding hydrogens is 306 g/mol. The highest BCUT2D eigenvalue weighted by molar-refractivity contribution is 5.41. The molecule has 0 amide bonds. The number of nitrogens with one attached hydrogen (secondary N) is 2. The van der Waals surface area contributed by atoms with E-state index in [0.29, 0.717) is 13.2 Å². The number of methoxy groups -OCH3 is 3. The second-order valence-electron chi connectivity index (χ2n) is 6.36. The number of rotatable bonds is 8. The lowest BCUT2D eigenvalue weighted by atomic mass is 9.85. The molecule has 0 aromatic heterocycles. The average molecular weight is 334 g/mol. The van der Waals surface area contributed by atoms with Gasteiger partial charge in [0.1, 0.15) is 11.5 Å². The van der Waals surface area contributed by atoms with Crippen LogP contribution in [0.1, 0.15) is 19.4 Å². The van der Waals surface area contributed by atoms with E-state index in [1.54, 1.807) is 21.3 Å². The van der Waals surface area contributed by atoms with Gasteiger partial charge < -0.3 is 19.5 Å². The van der Waals surface area contributed by atoms with E-state index in [9.17, 15) is 0 Å². The Hall–Kier alpha value is -2.18. The van der Waals surface area contributed by atoms with Gasteiger partial charge in [0.2, 0.25) is 5.82 Å². The summed E-state index contributed by atoms with van der Waals surface area (Å²) in [6, 6.07) is 5.83. The zero-order valence-corrected chi connectivity index (χ0v) is 15.1. The molecule has 1 aliphatic rings. The maximum absolute atomic E-state index is 5.44. The van der Waals surface area contributed by atoms with Gasteiger partial charge in [-0.3, -0.25) is 0 Å². The second-order valence-corrected chi connectivity index (χ2v) is 6.36. The maximum Gasteiger partial charge on any atom is 0.223 e. The highest BCUT2D eigenvalue weighted by atomic mass is 16.5. The maximum atomic E-state index is 5.44. The van der Waals surface area contributed by atoms with E-state index in [1.807, 2.05) is 29.8 Å². The van der Waals surface area contributed by atoms with Gasteiger partial charge in [-0.15, -0.1) is 0 Å². The molecule has 1 heterocycles. The van der Waals surface area contributed by atoms with Crippen LogP contribution in [-0.4, -0.2) is 27.9 Å². The van der Waals surface area contributed by atoms with Crippen LogP contribution in [0.3, 0.4) is 0 Å². The van der Waals surface area contributed by atoms with Gasteiger partial charge in [-0.1, -0.05) is 13.8 Å². The summed E-state index contributed by atoms with van der Waals surface area (Å²) in [5.74, 6) is 2.61. The lowest BCUT2D eigenvalue weighted by Gasteiger charge is -2.27. The van der Waals surface area contributed by atoms with Gasteiger partial charge in [-0.25, -0.2) is 10.9 Å². The third kappa shape index (κ3) is 4.43. The van der Waals surface area contributed by atoms with Gasteiger partial charge in [0.05, 0.1) is 27.0 Å². The van der Waals surface area contributed by atoms with Gasteiger partial charge in [0.25, 0.3) is 0 Å². The third-order valence-electron chi connectivity index (χ3n) is 4.05. The largest absolute Gasteiger partial charge is 0.497 e. The minimum absolute atomic E-state index is 0.0548. The summed E-state index contributed by atoms with van der Waals surface area (Å²) >= 11 is 0. The van der Waals surface area contributed by atoms with E-state index in [-0.39, 0.29) is 5.41 Å². The van der Waals surface area contributed by atoms with Crippen molar-refractivity contribution in [3.63, 3.8) is 0 Å². The first kappa shape index (κ1) is 18.2. The average Bonchev–Trinajstić information content (AvgIpc) is 2.60. The number of benzene rings is 1. The molecule has 24 heavy (non-hydrogen) atoms. The molecular formula is C18H28N3O3+. The molecule has 0 bridgehead atoms. The Morgan fingerprint density at radius 3 is 2.62 bits per heavy atom. The van der Waals surface area contributed by atoms with Crippen LogP contribution in [0.25, 0.3) is 0 Å². The fraction of sp³-hybridized carbons (Fsp3) is 0.444. The first-order valence-electron chi connectivity index (χ1n) is 7.95. The molecule has 0 fully saturated rings. The van der Waals surface area contributed by atoms with Crippen LogP contribution in [0.5, 0.6) is 11.5 Å². The Morgan fingerprint density at radius 2 is 1.96 bits per heavy atom. The van der Waals surface area contributed by atoms with Crippen LogP contribution in [0.15, 0.2) is 41.9 Å². The Labute approximate surface area is 143 Å². The first-order chi connectivity index (χ1) is 11.5. The molecule has 0 spiro atoms. The molecule has 1 aliphatic heterocycles. The van der Waals surface area contributed by atoms with Crippen LogP contribution in [0.4, 0.5) is 0 Å². The van der Waals surface area contributed by atoms with Gasteiger partial charge in [-0.2, -0.15) is 0 Å². The highest BCUT2D eigenvalue weighted by Crippen LogP contribution is 2.28. The number of nitrogens with two attached hydrogens (primary N) is 1. The molecule has 0 saturated heterocycles. The fourth-order valence-electron chi connectivity index (χ4n) is 2.60. The Balaban J connectivity index is 2.07. The van der Waals surface area contributed by atoms with E-state index in [1.165, 1.54) is 5.57 Å². The van der Waals surface area contributed by atoms with Crippen molar-refractivity contribution in [1.29, 1.82) is 0 Å². The summed E-state index contributed by atoms with van der Waals surface area (Å²) in [6.45, 7) is 5.65. The molecule has 2 rings (SSSR count). The van der Waals surface area contributed by atoms with Crippen molar-refractivity contribution in [3.05, 3.63) is 47.4 Å². The van der Waals surface area contributed by atoms with Crippen LogP contribution in [0, 0.1) is 5.41 Å². The van der Waals surface area contributed by atoms with Gasteiger partial charge in [0, 0.05) is 36.8 Å². The smallest absolute Gasteiger partial charge is 0.223 e. The van der Waals surface area contributed by atoms with E-state index in [2.05, 4.69) is 30.7 Å². The van der Waals surface area contributed by atoms with Crippen LogP contribution in [-0.2, 0) is 11.3 Å². The van der Waals surface area contributed by atoms with Crippen LogP contribution in [0.2, 0.25) is 0 Å². The first-order valence-corrected chi connectivity index (χ1v) is 7.95. The Morgan fingerprint density at radius 1 is 1.17 bits per heavy atom.